The van der Waals surface area contributed by atoms with Gasteiger partial charge in [-0.3, -0.25) is 10.1 Å². The number of hydrogen-bond donors (Lipinski definition) is 1. The highest BCUT2D eigenvalue weighted by Gasteiger charge is 2.27. The molecule has 0 saturated carbocycles. The first-order valence-corrected chi connectivity index (χ1v) is 12.0. The summed E-state index contributed by atoms with van der Waals surface area (Å²) in [5, 5.41) is 3.27. The molecule has 1 aliphatic rings. The zero-order valence-electron chi connectivity index (χ0n) is 17.2. The maximum absolute atomic E-state index is 13.0. The second kappa shape index (κ2) is 8.07. The SMILES string of the molecule is Cc1ccc(C(=O)Nc2nc3ccc(S(=O)(=O)N4CCN(C)CC4)cc3s2)cc1C. The molecule has 1 amide bonds. The normalized spacial score (nSPS) is 16.1. The van der Waals surface area contributed by atoms with E-state index in [1.54, 1.807) is 24.3 Å². The number of hydrogen-bond acceptors (Lipinski definition) is 6. The van der Waals surface area contributed by atoms with Gasteiger partial charge < -0.3 is 4.90 Å². The van der Waals surface area contributed by atoms with Gasteiger partial charge in [0, 0.05) is 31.7 Å². The average Bonchev–Trinajstić information content (AvgIpc) is 3.11. The molecule has 1 saturated heterocycles. The molecule has 3 aromatic rings. The molecule has 2 heterocycles. The third-order valence-corrected chi connectivity index (χ3v) is 8.28. The monoisotopic (exact) mass is 444 g/mol. The summed E-state index contributed by atoms with van der Waals surface area (Å²) in [6, 6.07) is 10.5. The van der Waals surface area contributed by atoms with E-state index in [1.165, 1.54) is 15.6 Å². The van der Waals surface area contributed by atoms with Crippen molar-refractivity contribution in [3.63, 3.8) is 0 Å². The van der Waals surface area contributed by atoms with Crippen LogP contribution in [0.2, 0.25) is 0 Å². The van der Waals surface area contributed by atoms with Crippen molar-refractivity contribution in [2.45, 2.75) is 18.7 Å². The number of fused-ring (bicyclic) bond motifs is 1. The van der Waals surface area contributed by atoms with E-state index in [9.17, 15) is 13.2 Å². The summed E-state index contributed by atoms with van der Waals surface area (Å²) in [5.41, 5.74) is 3.40. The summed E-state index contributed by atoms with van der Waals surface area (Å²) >= 11 is 1.27. The molecular weight excluding hydrogens is 420 g/mol. The van der Waals surface area contributed by atoms with Gasteiger partial charge in [-0.15, -0.1) is 0 Å². The molecule has 158 valence electrons. The standard InChI is InChI=1S/C21H24N4O3S2/c1-14-4-5-16(12-15(14)2)20(26)23-21-22-18-7-6-17(13-19(18)29-21)30(27,28)25-10-8-24(3)9-11-25/h4-7,12-13H,8-11H2,1-3H3,(H,22,23,26). The lowest BCUT2D eigenvalue weighted by Crippen LogP contribution is -2.46. The Bertz CT molecular complexity index is 1210. The van der Waals surface area contributed by atoms with Gasteiger partial charge in [-0.2, -0.15) is 4.31 Å². The number of carbonyl (C=O) groups is 1. The summed E-state index contributed by atoms with van der Waals surface area (Å²) in [7, 11) is -1.56. The molecule has 0 spiro atoms. The molecule has 1 aliphatic heterocycles. The molecule has 9 heteroatoms. The molecule has 0 unspecified atom stereocenters. The number of aromatic nitrogens is 1. The third-order valence-electron chi connectivity index (χ3n) is 5.45. The first kappa shape index (κ1) is 20.9. The Hall–Kier alpha value is -2.33. The van der Waals surface area contributed by atoms with Crippen LogP contribution in [-0.4, -0.2) is 61.7 Å². The van der Waals surface area contributed by atoms with E-state index in [4.69, 9.17) is 0 Å². The van der Waals surface area contributed by atoms with E-state index in [2.05, 4.69) is 15.2 Å². The predicted octanol–water partition coefficient (Wildman–Crippen LogP) is 3.10. The summed E-state index contributed by atoms with van der Waals surface area (Å²) in [5.74, 6) is -0.234. The summed E-state index contributed by atoms with van der Waals surface area (Å²) in [4.78, 5) is 19.4. The molecule has 0 bridgehead atoms. The highest BCUT2D eigenvalue weighted by atomic mass is 32.2. The first-order chi connectivity index (χ1) is 14.2. The summed E-state index contributed by atoms with van der Waals surface area (Å²) < 4.78 is 28.2. The number of benzene rings is 2. The fourth-order valence-corrected chi connectivity index (χ4v) is 5.77. The van der Waals surface area contributed by atoms with Crippen molar-refractivity contribution >= 4 is 42.6 Å². The minimum Gasteiger partial charge on any atom is -0.304 e. The number of amides is 1. The lowest BCUT2D eigenvalue weighted by atomic mass is 10.1. The first-order valence-electron chi connectivity index (χ1n) is 9.72. The number of likely N-dealkylation sites (N-methyl/N-ethyl adjacent to an activating group) is 1. The van der Waals surface area contributed by atoms with E-state index in [-0.39, 0.29) is 10.8 Å². The second-order valence-electron chi connectivity index (χ2n) is 7.61. The smallest absolute Gasteiger partial charge is 0.257 e. The number of rotatable bonds is 4. The Labute approximate surface area is 180 Å². The van der Waals surface area contributed by atoms with Crippen LogP contribution in [0.3, 0.4) is 0 Å². The van der Waals surface area contributed by atoms with E-state index in [1.807, 2.05) is 33.0 Å². The van der Waals surface area contributed by atoms with Gasteiger partial charge in [0.15, 0.2) is 5.13 Å². The van der Waals surface area contributed by atoms with Crippen LogP contribution in [0.5, 0.6) is 0 Å². The largest absolute Gasteiger partial charge is 0.304 e. The van der Waals surface area contributed by atoms with Crippen LogP contribution in [0.25, 0.3) is 10.2 Å². The average molecular weight is 445 g/mol. The van der Waals surface area contributed by atoms with Crippen LogP contribution in [0.4, 0.5) is 5.13 Å². The highest BCUT2D eigenvalue weighted by Crippen LogP contribution is 2.30. The second-order valence-corrected chi connectivity index (χ2v) is 10.6. The topological polar surface area (TPSA) is 82.6 Å². The van der Waals surface area contributed by atoms with Gasteiger partial charge in [0.1, 0.15) is 0 Å². The van der Waals surface area contributed by atoms with Crippen molar-refractivity contribution < 1.29 is 13.2 Å². The maximum Gasteiger partial charge on any atom is 0.257 e. The number of anilines is 1. The van der Waals surface area contributed by atoms with Gasteiger partial charge in [0.2, 0.25) is 10.0 Å². The number of carbonyl (C=O) groups excluding carboxylic acids is 1. The van der Waals surface area contributed by atoms with Crippen molar-refractivity contribution in [2.24, 2.45) is 0 Å². The van der Waals surface area contributed by atoms with Crippen molar-refractivity contribution in [3.05, 3.63) is 53.1 Å². The van der Waals surface area contributed by atoms with Gasteiger partial charge >= 0.3 is 0 Å². The lowest BCUT2D eigenvalue weighted by molar-refractivity contribution is 0.102. The number of piperazine rings is 1. The Morgan fingerprint density at radius 1 is 1.03 bits per heavy atom. The van der Waals surface area contributed by atoms with E-state index in [0.717, 1.165) is 28.9 Å². The van der Waals surface area contributed by atoms with Crippen LogP contribution in [0.15, 0.2) is 41.3 Å². The minimum atomic E-state index is -3.54. The van der Waals surface area contributed by atoms with Gasteiger partial charge in [0.05, 0.1) is 15.1 Å². The molecule has 1 aromatic heterocycles. The molecule has 2 aromatic carbocycles. The predicted molar refractivity (Wildman–Crippen MR) is 120 cm³/mol. The number of sulfonamides is 1. The van der Waals surface area contributed by atoms with Crippen molar-refractivity contribution in [1.29, 1.82) is 0 Å². The van der Waals surface area contributed by atoms with E-state index < -0.39 is 10.0 Å². The van der Waals surface area contributed by atoms with E-state index >= 15 is 0 Å². The zero-order valence-corrected chi connectivity index (χ0v) is 18.8. The maximum atomic E-state index is 13.0. The van der Waals surface area contributed by atoms with Crippen molar-refractivity contribution in [2.75, 3.05) is 38.5 Å². The molecule has 0 aliphatic carbocycles. The van der Waals surface area contributed by atoms with Crippen LogP contribution < -0.4 is 5.32 Å². The number of nitrogens with one attached hydrogen (secondary N) is 1. The molecule has 1 fully saturated rings. The van der Waals surface area contributed by atoms with Crippen LogP contribution >= 0.6 is 11.3 Å². The minimum absolute atomic E-state index is 0.234. The van der Waals surface area contributed by atoms with E-state index in [0.29, 0.717) is 29.3 Å². The quantitative estimate of drug-likeness (QED) is 0.669. The summed E-state index contributed by atoms with van der Waals surface area (Å²) in [6.07, 6.45) is 0. The number of aryl methyl sites for hydroxylation is 2. The van der Waals surface area contributed by atoms with Crippen LogP contribution in [0, 0.1) is 13.8 Å². The fourth-order valence-electron chi connectivity index (χ4n) is 3.35. The van der Waals surface area contributed by atoms with Crippen molar-refractivity contribution in [1.82, 2.24) is 14.2 Å². The van der Waals surface area contributed by atoms with Crippen molar-refractivity contribution in [3.8, 4) is 0 Å². The van der Waals surface area contributed by atoms with Gasteiger partial charge in [0.25, 0.3) is 5.91 Å². The number of thiazole rings is 1. The Morgan fingerprint density at radius 2 is 1.77 bits per heavy atom. The Balaban J connectivity index is 1.56. The van der Waals surface area contributed by atoms with Crippen LogP contribution in [0.1, 0.15) is 21.5 Å². The summed E-state index contributed by atoms with van der Waals surface area (Å²) in [6.45, 7) is 6.37. The van der Waals surface area contributed by atoms with Crippen LogP contribution in [-0.2, 0) is 10.0 Å². The molecule has 0 radical (unpaired) electrons. The zero-order chi connectivity index (χ0) is 21.5. The number of nitrogens with zero attached hydrogens (tertiary/aromatic N) is 3. The lowest BCUT2D eigenvalue weighted by Gasteiger charge is -2.31. The molecule has 4 rings (SSSR count). The molecule has 0 atom stereocenters. The fraction of sp³-hybridized carbons (Fsp3) is 0.333. The van der Waals surface area contributed by atoms with Gasteiger partial charge in [-0.05, 0) is 62.4 Å². The molecule has 30 heavy (non-hydrogen) atoms. The molecule has 7 nitrogen and oxygen atoms in total. The van der Waals surface area contributed by atoms with Gasteiger partial charge in [-0.25, -0.2) is 13.4 Å². The van der Waals surface area contributed by atoms with Gasteiger partial charge in [-0.1, -0.05) is 17.4 Å². The Kier molecular flexibility index (Phi) is 5.63. The molecule has 1 N–H and O–H groups in total. The highest BCUT2D eigenvalue weighted by molar-refractivity contribution is 7.89. The third kappa shape index (κ3) is 4.11. The molecular formula is C21H24N4O3S2. The Morgan fingerprint density at radius 3 is 2.47 bits per heavy atom.